The number of aliphatic hydroxyl groups excluding tert-OH is 1. The number of rotatable bonds is 3. The molecule has 5 heteroatoms. The van der Waals surface area contributed by atoms with Crippen molar-refractivity contribution in [3.63, 3.8) is 0 Å². The van der Waals surface area contributed by atoms with Crippen LogP contribution in [0.25, 0.3) is 5.57 Å². The first-order valence-electron chi connectivity index (χ1n) is 7.08. The van der Waals surface area contributed by atoms with Crippen molar-refractivity contribution in [2.45, 2.75) is 13.5 Å². The van der Waals surface area contributed by atoms with Crippen LogP contribution in [0.1, 0.15) is 16.7 Å². The van der Waals surface area contributed by atoms with Gasteiger partial charge in [0.2, 0.25) is 0 Å². The molecule has 0 atom stereocenters. The second-order valence-electron chi connectivity index (χ2n) is 5.41. The van der Waals surface area contributed by atoms with E-state index >= 15 is 0 Å². The predicted octanol–water partition coefficient (Wildman–Crippen LogP) is 3.49. The molecule has 0 bridgehead atoms. The van der Waals surface area contributed by atoms with Crippen LogP contribution < -0.4 is 0 Å². The molecule has 1 N–H and O–H groups in total. The summed E-state index contributed by atoms with van der Waals surface area (Å²) in [4.78, 5) is 25.8. The van der Waals surface area contributed by atoms with Gasteiger partial charge in [0.1, 0.15) is 0 Å². The van der Waals surface area contributed by atoms with Crippen LogP contribution in [0.3, 0.4) is 0 Å². The van der Waals surface area contributed by atoms with E-state index in [4.69, 9.17) is 11.6 Å². The van der Waals surface area contributed by atoms with Gasteiger partial charge in [-0.2, -0.15) is 0 Å². The number of halogens is 1. The molecule has 0 fully saturated rings. The third kappa shape index (κ3) is 2.85. The Morgan fingerprint density at radius 1 is 0.957 bits per heavy atom. The highest BCUT2D eigenvalue weighted by molar-refractivity contribution is 6.34. The van der Waals surface area contributed by atoms with Crippen molar-refractivity contribution < 1.29 is 14.7 Å². The number of carbonyl (C=O) groups excluding carboxylic acids is 2. The standard InChI is InChI=1S/C18H14ClNO3/c1-11-2-6-13(7-3-11)15-16(21)18(23)20(17(15)22)10-12-4-8-14(19)9-5-12/h2-9,21H,10H2,1H3. The van der Waals surface area contributed by atoms with E-state index in [9.17, 15) is 14.7 Å². The number of aliphatic hydroxyl groups is 1. The van der Waals surface area contributed by atoms with Gasteiger partial charge in [-0.05, 0) is 30.2 Å². The Hall–Kier alpha value is -2.59. The summed E-state index contributed by atoms with van der Waals surface area (Å²) in [5.74, 6) is -1.68. The highest BCUT2D eigenvalue weighted by atomic mass is 35.5. The maximum absolute atomic E-state index is 12.5. The molecule has 4 nitrogen and oxygen atoms in total. The Kier molecular flexibility index (Phi) is 3.92. The van der Waals surface area contributed by atoms with Crippen molar-refractivity contribution >= 4 is 29.0 Å². The number of hydrogen-bond acceptors (Lipinski definition) is 3. The number of amides is 2. The Labute approximate surface area is 138 Å². The number of nitrogens with zero attached hydrogens (tertiary/aromatic N) is 1. The van der Waals surface area contributed by atoms with Gasteiger partial charge < -0.3 is 5.11 Å². The van der Waals surface area contributed by atoms with Crippen LogP contribution >= 0.6 is 11.6 Å². The molecule has 3 rings (SSSR count). The fraction of sp³-hybridized carbons (Fsp3) is 0.111. The lowest BCUT2D eigenvalue weighted by atomic mass is 10.0. The maximum atomic E-state index is 12.5. The van der Waals surface area contributed by atoms with Crippen molar-refractivity contribution in [3.05, 3.63) is 76.0 Å². The van der Waals surface area contributed by atoms with Gasteiger partial charge in [0.15, 0.2) is 5.76 Å². The minimum Gasteiger partial charge on any atom is -0.502 e. The van der Waals surface area contributed by atoms with E-state index < -0.39 is 17.6 Å². The lowest BCUT2D eigenvalue weighted by molar-refractivity contribution is -0.138. The summed E-state index contributed by atoms with van der Waals surface area (Å²) < 4.78 is 0. The number of carbonyl (C=O) groups is 2. The van der Waals surface area contributed by atoms with Crippen molar-refractivity contribution in [2.75, 3.05) is 0 Å². The molecule has 2 aromatic rings. The second kappa shape index (κ2) is 5.89. The smallest absolute Gasteiger partial charge is 0.296 e. The molecule has 23 heavy (non-hydrogen) atoms. The normalized spacial score (nSPS) is 14.8. The zero-order chi connectivity index (χ0) is 16.6. The lowest BCUT2D eigenvalue weighted by Gasteiger charge is -2.14. The van der Waals surface area contributed by atoms with Gasteiger partial charge in [-0.25, -0.2) is 0 Å². The molecule has 0 aliphatic carbocycles. The van der Waals surface area contributed by atoms with Crippen molar-refractivity contribution in [3.8, 4) is 0 Å². The number of benzene rings is 2. The summed E-state index contributed by atoms with van der Waals surface area (Å²) in [5, 5.41) is 10.7. The SMILES string of the molecule is Cc1ccc(C2=C(O)C(=O)N(Cc3ccc(Cl)cc3)C2=O)cc1. The summed E-state index contributed by atoms with van der Waals surface area (Å²) in [6, 6.07) is 14.0. The number of hydrogen-bond donors (Lipinski definition) is 1. The molecule has 0 radical (unpaired) electrons. The molecule has 1 aliphatic rings. The van der Waals surface area contributed by atoms with Crippen molar-refractivity contribution in [1.82, 2.24) is 4.90 Å². The summed E-state index contributed by atoms with van der Waals surface area (Å²) in [6.45, 7) is 2.01. The number of imide groups is 1. The van der Waals surface area contributed by atoms with Crippen LogP contribution in [0.15, 0.2) is 54.3 Å². The molecule has 1 heterocycles. The predicted molar refractivity (Wildman–Crippen MR) is 87.7 cm³/mol. The first kappa shape index (κ1) is 15.3. The van der Waals surface area contributed by atoms with Gasteiger partial charge in [-0.15, -0.1) is 0 Å². The van der Waals surface area contributed by atoms with Gasteiger partial charge in [0.05, 0.1) is 12.1 Å². The molecule has 0 spiro atoms. The van der Waals surface area contributed by atoms with Crippen LogP contribution in [0, 0.1) is 6.92 Å². The lowest BCUT2D eigenvalue weighted by Crippen LogP contribution is -2.31. The minimum atomic E-state index is -0.680. The van der Waals surface area contributed by atoms with Crippen LogP contribution in [0.5, 0.6) is 0 Å². The number of aryl methyl sites for hydroxylation is 1. The summed E-state index contributed by atoms with van der Waals surface area (Å²) in [6.07, 6.45) is 0. The molecule has 0 saturated heterocycles. The van der Waals surface area contributed by atoms with Crippen LogP contribution in [0.4, 0.5) is 0 Å². The first-order chi connectivity index (χ1) is 11.0. The van der Waals surface area contributed by atoms with E-state index in [1.54, 1.807) is 36.4 Å². The topological polar surface area (TPSA) is 57.6 Å². The highest BCUT2D eigenvalue weighted by Crippen LogP contribution is 2.29. The van der Waals surface area contributed by atoms with Gasteiger partial charge in [-0.1, -0.05) is 53.6 Å². The quantitative estimate of drug-likeness (QED) is 0.878. The van der Waals surface area contributed by atoms with E-state index in [1.165, 1.54) is 0 Å². The molecular weight excluding hydrogens is 314 g/mol. The largest absolute Gasteiger partial charge is 0.502 e. The van der Waals surface area contributed by atoms with Crippen LogP contribution in [-0.2, 0) is 16.1 Å². The third-order valence-electron chi connectivity index (χ3n) is 3.74. The van der Waals surface area contributed by atoms with E-state index in [0.29, 0.717) is 10.6 Å². The Balaban J connectivity index is 1.89. The van der Waals surface area contributed by atoms with Gasteiger partial charge in [0.25, 0.3) is 11.8 Å². The van der Waals surface area contributed by atoms with Crippen molar-refractivity contribution in [1.29, 1.82) is 0 Å². The fourth-order valence-electron chi connectivity index (χ4n) is 2.46. The average molecular weight is 328 g/mol. The zero-order valence-electron chi connectivity index (χ0n) is 12.4. The first-order valence-corrected chi connectivity index (χ1v) is 7.46. The van der Waals surface area contributed by atoms with Gasteiger partial charge >= 0.3 is 0 Å². The molecule has 0 unspecified atom stereocenters. The molecule has 1 aliphatic heterocycles. The van der Waals surface area contributed by atoms with E-state index in [1.807, 2.05) is 19.1 Å². The Bertz CT molecular complexity index is 807. The third-order valence-corrected chi connectivity index (χ3v) is 3.99. The molecule has 0 aromatic heterocycles. The highest BCUT2D eigenvalue weighted by Gasteiger charge is 2.39. The fourth-order valence-corrected chi connectivity index (χ4v) is 2.59. The summed E-state index contributed by atoms with van der Waals surface area (Å²) >= 11 is 5.83. The monoisotopic (exact) mass is 327 g/mol. The van der Waals surface area contributed by atoms with Crippen LogP contribution in [0.2, 0.25) is 5.02 Å². The van der Waals surface area contributed by atoms with E-state index in [-0.39, 0.29) is 12.1 Å². The van der Waals surface area contributed by atoms with E-state index in [0.717, 1.165) is 16.0 Å². The van der Waals surface area contributed by atoms with Crippen LogP contribution in [-0.4, -0.2) is 21.8 Å². The van der Waals surface area contributed by atoms with Gasteiger partial charge in [-0.3, -0.25) is 14.5 Å². The second-order valence-corrected chi connectivity index (χ2v) is 5.85. The zero-order valence-corrected chi connectivity index (χ0v) is 13.2. The average Bonchev–Trinajstić information content (AvgIpc) is 2.74. The molecule has 2 amide bonds. The molecule has 116 valence electrons. The molecular formula is C18H14ClNO3. The maximum Gasteiger partial charge on any atom is 0.296 e. The van der Waals surface area contributed by atoms with Crippen molar-refractivity contribution in [2.24, 2.45) is 0 Å². The summed E-state index contributed by atoms with van der Waals surface area (Å²) in [5.41, 5.74) is 2.37. The van der Waals surface area contributed by atoms with E-state index in [2.05, 4.69) is 0 Å². The Morgan fingerprint density at radius 3 is 2.17 bits per heavy atom. The molecule has 2 aromatic carbocycles. The Morgan fingerprint density at radius 2 is 1.57 bits per heavy atom. The molecule has 0 saturated carbocycles. The van der Waals surface area contributed by atoms with Gasteiger partial charge in [0, 0.05) is 5.02 Å². The summed E-state index contributed by atoms with van der Waals surface area (Å²) in [7, 11) is 0. The minimum absolute atomic E-state index is 0.0453.